The van der Waals surface area contributed by atoms with E-state index in [0.29, 0.717) is 18.2 Å². The van der Waals surface area contributed by atoms with E-state index in [4.69, 9.17) is 9.72 Å². The van der Waals surface area contributed by atoms with Gasteiger partial charge in [-0.3, -0.25) is 9.69 Å². The Morgan fingerprint density at radius 3 is 2.38 bits per heavy atom. The van der Waals surface area contributed by atoms with E-state index < -0.39 is 5.60 Å². The topological polar surface area (TPSA) is 108 Å². The second kappa shape index (κ2) is 12.6. The Hall–Kier alpha value is -3.86. The van der Waals surface area contributed by atoms with Crippen LogP contribution in [0.2, 0.25) is 0 Å². The lowest BCUT2D eigenvalue weighted by atomic mass is 10.2. The van der Waals surface area contributed by atoms with Gasteiger partial charge in [-0.1, -0.05) is 12.8 Å². The van der Waals surface area contributed by atoms with E-state index in [1.165, 1.54) is 18.5 Å². The fraction of sp³-hybridized carbons (Fsp3) is 0.548. The van der Waals surface area contributed by atoms with Crippen LogP contribution in [0, 0.1) is 0 Å². The third kappa shape index (κ3) is 7.13. The van der Waals surface area contributed by atoms with Gasteiger partial charge in [0.25, 0.3) is 5.91 Å². The van der Waals surface area contributed by atoms with Gasteiger partial charge in [-0.2, -0.15) is 4.98 Å². The van der Waals surface area contributed by atoms with Crippen molar-refractivity contribution in [1.82, 2.24) is 29.7 Å². The average Bonchev–Trinajstić information content (AvgIpc) is 3.60. The minimum Gasteiger partial charge on any atom is -0.444 e. The molecular weight excluding hydrogens is 532 g/mol. The summed E-state index contributed by atoms with van der Waals surface area (Å²) in [7, 11) is 3.57. The molecule has 11 heteroatoms. The molecule has 0 bridgehead atoms. The smallest absolute Gasteiger partial charge is 0.407 e. The van der Waals surface area contributed by atoms with Gasteiger partial charge in [-0.25, -0.2) is 9.78 Å². The molecule has 226 valence electrons. The van der Waals surface area contributed by atoms with Crippen LogP contribution in [0.3, 0.4) is 0 Å². The first-order valence-corrected chi connectivity index (χ1v) is 15.0. The number of anilines is 3. The molecule has 2 aliphatic rings. The number of amides is 2. The van der Waals surface area contributed by atoms with Gasteiger partial charge >= 0.3 is 6.09 Å². The number of piperazine rings is 1. The van der Waals surface area contributed by atoms with Crippen LogP contribution in [0.1, 0.15) is 63.0 Å². The highest BCUT2D eigenvalue weighted by molar-refractivity contribution is 5.98. The Kier molecular flexibility index (Phi) is 8.86. The maximum absolute atomic E-state index is 13.0. The van der Waals surface area contributed by atoms with E-state index >= 15 is 0 Å². The number of benzene rings is 1. The van der Waals surface area contributed by atoms with E-state index in [-0.39, 0.29) is 18.0 Å². The molecule has 1 aromatic carbocycles. The number of rotatable bonds is 8. The maximum Gasteiger partial charge on any atom is 0.407 e. The predicted octanol–water partition coefficient (Wildman–Crippen LogP) is 4.64. The van der Waals surface area contributed by atoms with E-state index in [0.717, 1.165) is 62.3 Å². The Labute approximate surface area is 248 Å². The molecule has 0 radical (unpaired) electrons. The van der Waals surface area contributed by atoms with Gasteiger partial charge in [0, 0.05) is 82.4 Å². The van der Waals surface area contributed by atoms with Crippen molar-refractivity contribution in [2.45, 2.75) is 58.1 Å². The van der Waals surface area contributed by atoms with Crippen LogP contribution in [0.5, 0.6) is 0 Å². The number of alkyl carbamates (subject to hydrolysis) is 1. The summed E-state index contributed by atoms with van der Waals surface area (Å²) in [5.41, 5.74) is 3.08. The molecule has 0 unspecified atom stereocenters. The molecule has 1 saturated carbocycles. The molecule has 2 aromatic heterocycles. The van der Waals surface area contributed by atoms with E-state index in [1.807, 2.05) is 26.8 Å². The molecular formula is C31H44N8O3. The van der Waals surface area contributed by atoms with Crippen LogP contribution in [-0.4, -0.2) is 95.3 Å². The molecule has 3 aromatic rings. The normalized spacial score (nSPS) is 16.5. The number of carbonyl (C=O) groups excluding carboxylic acids is 2. The van der Waals surface area contributed by atoms with Crippen molar-refractivity contribution < 1.29 is 14.3 Å². The Morgan fingerprint density at radius 1 is 1.05 bits per heavy atom. The lowest BCUT2D eigenvalue weighted by Gasteiger charge is -2.36. The molecule has 2 N–H and O–H groups in total. The summed E-state index contributed by atoms with van der Waals surface area (Å²) >= 11 is 0. The van der Waals surface area contributed by atoms with Crippen molar-refractivity contribution in [2.75, 3.05) is 63.6 Å². The molecule has 3 heterocycles. The maximum atomic E-state index is 13.0. The average molecular weight is 577 g/mol. The Balaban J connectivity index is 1.18. The Bertz CT molecular complexity index is 1380. The molecule has 42 heavy (non-hydrogen) atoms. The molecule has 5 rings (SSSR count). The van der Waals surface area contributed by atoms with Gasteiger partial charge in [-0.15, -0.1) is 0 Å². The largest absolute Gasteiger partial charge is 0.444 e. The van der Waals surface area contributed by atoms with E-state index in [9.17, 15) is 9.59 Å². The third-order valence-corrected chi connectivity index (χ3v) is 7.85. The number of ether oxygens (including phenoxy) is 1. The molecule has 1 saturated heterocycles. The van der Waals surface area contributed by atoms with Crippen LogP contribution < -0.4 is 15.5 Å². The zero-order chi connectivity index (χ0) is 29.9. The number of nitrogens with one attached hydrogen (secondary N) is 2. The van der Waals surface area contributed by atoms with Gasteiger partial charge in [0.15, 0.2) is 0 Å². The highest BCUT2D eigenvalue weighted by Gasteiger charge is 2.26. The molecule has 11 nitrogen and oxygen atoms in total. The minimum atomic E-state index is -0.486. The SMILES string of the molecule is CN(C)C(=O)c1cc2cnc(Nc3ccc(N4CCN(CCNC(=O)OC(C)(C)C)CC4)cc3)nc2n1C1CCCC1. The molecule has 0 atom stereocenters. The van der Waals surface area contributed by atoms with Crippen LogP contribution in [0.15, 0.2) is 36.5 Å². The number of fused-ring (bicyclic) bond motifs is 1. The van der Waals surface area contributed by atoms with Gasteiger partial charge < -0.3 is 29.7 Å². The first-order chi connectivity index (χ1) is 20.1. The van der Waals surface area contributed by atoms with Gasteiger partial charge in [0.2, 0.25) is 5.95 Å². The highest BCUT2D eigenvalue weighted by Crippen LogP contribution is 2.35. The highest BCUT2D eigenvalue weighted by atomic mass is 16.6. The summed E-state index contributed by atoms with van der Waals surface area (Å²) in [5.74, 6) is 0.508. The van der Waals surface area contributed by atoms with Gasteiger partial charge in [0.05, 0.1) is 0 Å². The van der Waals surface area contributed by atoms with Gasteiger partial charge in [-0.05, 0) is 63.9 Å². The summed E-state index contributed by atoms with van der Waals surface area (Å²) in [6, 6.07) is 10.6. The van der Waals surface area contributed by atoms with Crippen molar-refractivity contribution in [3.63, 3.8) is 0 Å². The zero-order valence-corrected chi connectivity index (χ0v) is 25.5. The molecule has 2 amide bonds. The monoisotopic (exact) mass is 576 g/mol. The molecule has 2 fully saturated rings. The number of hydrogen-bond acceptors (Lipinski definition) is 8. The van der Waals surface area contributed by atoms with Crippen molar-refractivity contribution in [2.24, 2.45) is 0 Å². The number of carbonyl (C=O) groups is 2. The van der Waals surface area contributed by atoms with Crippen molar-refractivity contribution >= 4 is 40.4 Å². The quantitative estimate of drug-likeness (QED) is 0.400. The van der Waals surface area contributed by atoms with Crippen molar-refractivity contribution in [1.29, 1.82) is 0 Å². The Morgan fingerprint density at radius 2 is 1.74 bits per heavy atom. The fourth-order valence-corrected chi connectivity index (χ4v) is 5.74. The summed E-state index contributed by atoms with van der Waals surface area (Å²) in [6.45, 7) is 10.7. The van der Waals surface area contributed by atoms with Gasteiger partial charge in [0.1, 0.15) is 16.9 Å². The van der Waals surface area contributed by atoms with Crippen molar-refractivity contribution in [3.8, 4) is 0 Å². The lowest BCUT2D eigenvalue weighted by molar-refractivity contribution is 0.0521. The molecule has 1 aliphatic heterocycles. The standard InChI is InChI=1S/C31H44N8O3/c1-31(2,3)42-30(41)32-14-15-37-16-18-38(19-17-37)24-12-10-23(11-13-24)34-29-33-21-22-20-26(28(40)36(4)5)39(27(22)35-29)25-8-6-7-9-25/h10-13,20-21,25H,6-9,14-19H2,1-5H3,(H,32,41)(H,33,34,35). The second-order valence-corrected chi connectivity index (χ2v) is 12.4. The molecule has 0 spiro atoms. The van der Waals surface area contributed by atoms with Crippen LogP contribution >= 0.6 is 0 Å². The second-order valence-electron chi connectivity index (χ2n) is 12.4. The van der Waals surface area contributed by atoms with Crippen LogP contribution in [0.25, 0.3) is 11.0 Å². The van der Waals surface area contributed by atoms with E-state index in [2.05, 4.69) is 54.2 Å². The van der Waals surface area contributed by atoms with Crippen LogP contribution in [0.4, 0.5) is 22.1 Å². The first kappa shape index (κ1) is 29.6. The third-order valence-electron chi connectivity index (χ3n) is 7.85. The zero-order valence-electron chi connectivity index (χ0n) is 25.5. The van der Waals surface area contributed by atoms with E-state index in [1.54, 1.807) is 25.2 Å². The number of hydrogen-bond donors (Lipinski definition) is 2. The summed E-state index contributed by atoms with van der Waals surface area (Å²) in [6.07, 6.45) is 5.89. The summed E-state index contributed by atoms with van der Waals surface area (Å²) in [4.78, 5) is 40.6. The number of nitrogens with zero attached hydrogens (tertiary/aromatic N) is 6. The predicted molar refractivity (Wildman–Crippen MR) is 166 cm³/mol. The van der Waals surface area contributed by atoms with Crippen LogP contribution in [-0.2, 0) is 4.74 Å². The summed E-state index contributed by atoms with van der Waals surface area (Å²) in [5, 5.41) is 7.08. The lowest BCUT2D eigenvalue weighted by Crippen LogP contribution is -2.48. The fourth-order valence-electron chi connectivity index (χ4n) is 5.74. The minimum absolute atomic E-state index is 0.0108. The molecule has 1 aliphatic carbocycles. The summed E-state index contributed by atoms with van der Waals surface area (Å²) < 4.78 is 7.44. The first-order valence-electron chi connectivity index (χ1n) is 15.0. The number of aromatic nitrogens is 3. The van der Waals surface area contributed by atoms with Crippen molar-refractivity contribution in [3.05, 3.63) is 42.2 Å².